The molecule has 0 radical (unpaired) electrons. The third-order valence-electron chi connectivity index (χ3n) is 6.11. The second kappa shape index (κ2) is 8.30. The Hall–Kier alpha value is -3.93. The van der Waals surface area contributed by atoms with E-state index in [1.807, 2.05) is 71.3 Å². The summed E-state index contributed by atoms with van der Waals surface area (Å²) in [7, 11) is 0. The first kappa shape index (κ1) is 20.0. The Bertz CT molecular complexity index is 1310. The molecule has 0 saturated carbocycles. The van der Waals surface area contributed by atoms with E-state index in [4.69, 9.17) is 0 Å². The smallest absolute Gasteiger partial charge is 0.253 e. The van der Waals surface area contributed by atoms with E-state index >= 15 is 0 Å². The topological polar surface area (TPSA) is 62.6 Å². The Morgan fingerprint density at radius 1 is 0.656 bits per heavy atom. The van der Waals surface area contributed by atoms with E-state index in [1.165, 1.54) is 0 Å². The highest BCUT2D eigenvalue weighted by molar-refractivity contribution is 5.95. The molecule has 1 aromatic heterocycles. The summed E-state index contributed by atoms with van der Waals surface area (Å²) >= 11 is 0. The number of amides is 2. The van der Waals surface area contributed by atoms with Gasteiger partial charge in [0.05, 0.1) is 11.0 Å². The third kappa shape index (κ3) is 3.54. The van der Waals surface area contributed by atoms with Gasteiger partial charge >= 0.3 is 0 Å². The van der Waals surface area contributed by atoms with Crippen LogP contribution in [-0.4, -0.2) is 52.4 Å². The normalized spacial score (nSPS) is 14.1. The second-order valence-corrected chi connectivity index (χ2v) is 7.99. The SMILES string of the molecule is O=C(Cn1c2ccccc2c(=O)c2ccccc21)N1CCN(C(=O)c2ccccc2)CC1. The molecule has 1 aliphatic heterocycles. The summed E-state index contributed by atoms with van der Waals surface area (Å²) in [6.45, 7) is 2.14. The van der Waals surface area contributed by atoms with E-state index in [-0.39, 0.29) is 23.8 Å². The Kier molecular flexibility index (Phi) is 5.19. The van der Waals surface area contributed by atoms with Gasteiger partial charge < -0.3 is 14.4 Å². The molecule has 0 unspecified atom stereocenters. The largest absolute Gasteiger partial charge is 0.338 e. The fourth-order valence-corrected chi connectivity index (χ4v) is 4.40. The van der Waals surface area contributed by atoms with Crippen LogP contribution in [0, 0.1) is 0 Å². The molecule has 0 aliphatic carbocycles. The van der Waals surface area contributed by atoms with Gasteiger partial charge in [0.15, 0.2) is 5.43 Å². The summed E-state index contributed by atoms with van der Waals surface area (Å²) < 4.78 is 1.93. The fraction of sp³-hybridized carbons (Fsp3) is 0.192. The summed E-state index contributed by atoms with van der Waals surface area (Å²) in [4.78, 5) is 42.4. The third-order valence-corrected chi connectivity index (χ3v) is 6.11. The van der Waals surface area contributed by atoms with Crippen LogP contribution in [0.3, 0.4) is 0 Å². The molecule has 2 amide bonds. The number of pyridine rings is 1. The van der Waals surface area contributed by atoms with Crippen molar-refractivity contribution in [2.24, 2.45) is 0 Å². The molecule has 0 bridgehead atoms. The predicted molar refractivity (Wildman–Crippen MR) is 125 cm³/mol. The van der Waals surface area contributed by atoms with Gasteiger partial charge in [-0.15, -0.1) is 0 Å². The van der Waals surface area contributed by atoms with Crippen LogP contribution in [0.2, 0.25) is 0 Å². The molecular formula is C26H23N3O3. The van der Waals surface area contributed by atoms with E-state index in [1.54, 1.807) is 21.9 Å². The standard InChI is InChI=1S/C26H23N3O3/c30-24(27-14-16-28(17-15-27)26(32)19-8-2-1-3-9-19)18-29-22-12-6-4-10-20(22)25(31)21-11-5-7-13-23(21)29/h1-13H,14-18H2. The molecule has 6 nitrogen and oxygen atoms in total. The summed E-state index contributed by atoms with van der Waals surface area (Å²) in [5, 5.41) is 1.22. The van der Waals surface area contributed by atoms with Gasteiger partial charge in [0.25, 0.3) is 5.91 Å². The van der Waals surface area contributed by atoms with Crippen molar-refractivity contribution in [2.75, 3.05) is 26.2 Å². The van der Waals surface area contributed by atoms with Crippen molar-refractivity contribution in [1.29, 1.82) is 0 Å². The van der Waals surface area contributed by atoms with E-state index in [2.05, 4.69) is 0 Å². The average molecular weight is 425 g/mol. The van der Waals surface area contributed by atoms with Crippen molar-refractivity contribution in [3.63, 3.8) is 0 Å². The van der Waals surface area contributed by atoms with E-state index in [9.17, 15) is 14.4 Å². The highest BCUT2D eigenvalue weighted by atomic mass is 16.2. The number of rotatable bonds is 3. The van der Waals surface area contributed by atoms with Gasteiger partial charge in [-0.3, -0.25) is 14.4 Å². The molecular weight excluding hydrogens is 402 g/mol. The Labute approximate surface area is 185 Å². The Balaban J connectivity index is 1.38. The molecule has 1 fully saturated rings. The van der Waals surface area contributed by atoms with Crippen molar-refractivity contribution in [2.45, 2.75) is 6.54 Å². The van der Waals surface area contributed by atoms with Crippen molar-refractivity contribution >= 4 is 33.6 Å². The maximum absolute atomic E-state index is 13.2. The maximum Gasteiger partial charge on any atom is 0.253 e. The van der Waals surface area contributed by atoms with E-state index < -0.39 is 0 Å². The van der Waals surface area contributed by atoms with Crippen LogP contribution in [0.15, 0.2) is 83.7 Å². The molecule has 32 heavy (non-hydrogen) atoms. The lowest BCUT2D eigenvalue weighted by Crippen LogP contribution is -2.51. The predicted octanol–water partition coefficient (Wildman–Crippen LogP) is 3.14. The summed E-state index contributed by atoms with van der Waals surface area (Å²) in [6, 6.07) is 24.0. The Morgan fingerprint density at radius 2 is 1.16 bits per heavy atom. The zero-order valence-electron chi connectivity index (χ0n) is 17.6. The van der Waals surface area contributed by atoms with Gasteiger partial charge in [-0.25, -0.2) is 0 Å². The Morgan fingerprint density at radius 3 is 1.75 bits per heavy atom. The molecule has 4 aromatic rings. The fourth-order valence-electron chi connectivity index (χ4n) is 4.40. The molecule has 1 aliphatic rings. The van der Waals surface area contributed by atoms with Crippen LogP contribution in [0.25, 0.3) is 21.8 Å². The van der Waals surface area contributed by atoms with Gasteiger partial charge in [0.2, 0.25) is 5.91 Å². The first-order valence-electron chi connectivity index (χ1n) is 10.8. The molecule has 0 atom stereocenters. The summed E-state index contributed by atoms with van der Waals surface area (Å²) in [5.41, 5.74) is 2.15. The lowest BCUT2D eigenvalue weighted by molar-refractivity contribution is -0.133. The zero-order chi connectivity index (χ0) is 22.1. The minimum Gasteiger partial charge on any atom is -0.338 e. The minimum atomic E-state index is -0.0204. The zero-order valence-corrected chi connectivity index (χ0v) is 17.6. The molecule has 2 heterocycles. The van der Waals surface area contributed by atoms with Crippen LogP contribution in [0.1, 0.15) is 10.4 Å². The van der Waals surface area contributed by atoms with Gasteiger partial charge in [-0.2, -0.15) is 0 Å². The molecule has 6 heteroatoms. The highest BCUT2D eigenvalue weighted by Crippen LogP contribution is 2.20. The van der Waals surface area contributed by atoms with Crippen molar-refractivity contribution in [3.05, 3.63) is 94.6 Å². The number of nitrogens with zero attached hydrogens (tertiary/aromatic N) is 3. The van der Waals surface area contributed by atoms with Gasteiger partial charge in [-0.05, 0) is 36.4 Å². The number of hydrogen-bond acceptors (Lipinski definition) is 3. The van der Waals surface area contributed by atoms with Gasteiger partial charge in [-0.1, -0.05) is 42.5 Å². The summed E-state index contributed by atoms with van der Waals surface area (Å²) in [6.07, 6.45) is 0. The second-order valence-electron chi connectivity index (χ2n) is 7.99. The van der Waals surface area contributed by atoms with Crippen LogP contribution < -0.4 is 5.43 Å². The van der Waals surface area contributed by atoms with Crippen molar-refractivity contribution < 1.29 is 9.59 Å². The van der Waals surface area contributed by atoms with E-state index in [0.29, 0.717) is 42.5 Å². The monoisotopic (exact) mass is 425 g/mol. The number of benzene rings is 3. The molecule has 0 spiro atoms. The van der Waals surface area contributed by atoms with Crippen LogP contribution in [0.4, 0.5) is 0 Å². The summed E-state index contributed by atoms with van der Waals surface area (Å²) in [5.74, 6) is -0.0224. The minimum absolute atomic E-state index is 0.00454. The lowest BCUT2D eigenvalue weighted by atomic mass is 10.1. The van der Waals surface area contributed by atoms with Crippen molar-refractivity contribution in [3.8, 4) is 0 Å². The molecule has 0 N–H and O–H groups in total. The van der Waals surface area contributed by atoms with Crippen LogP contribution in [0.5, 0.6) is 0 Å². The van der Waals surface area contributed by atoms with Crippen molar-refractivity contribution in [1.82, 2.24) is 14.4 Å². The average Bonchev–Trinajstić information content (AvgIpc) is 2.86. The van der Waals surface area contributed by atoms with E-state index in [0.717, 1.165) is 11.0 Å². The number of aromatic nitrogens is 1. The molecule has 3 aromatic carbocycles. The number of carbonyl (C=O) groups is 2. The number of carbonyl (C=O) groups excluding carboxylic acids is 2. The van der Waals surface area contributed by atoms with Crippen LogP contribution in [-0.2, 0) is 11.3 Å². The lowest BCUT2D eigenvalue weighted by Gasteiger charge is -2.35. The molecule has 1 saturated heterocycles. The maximum atomic E-state index is 13.2. The van der Waals surface area contributed by atoms with Crippen LogP contribution >= 0.6 is 0 Å². The van der Waals surface area contributed by atoms with Gasteiger partial charge in [0, 0.05) is 42.5 Å². The van der Waals surface area contributed by atoms with Gasteiger partial charge in [0.1, 0.15) is 6.54 Å². The molecule has 5 rings (SSSR count). The molecule has 160 valence electrons. The first-order valence-corrected chi connectivity index (χ1v) is 10.8. The quantitative estimate of drug-likeness (QED) is 0.474. The highest BCUT2D eigenvalue weighted by Gasteiger charge is 2.25. The number of hydrogen-bond donors (Lipinski definition) is 0. The number of fused-ring (bicyclic) bond motifs is 2. The number of piperazine rings is 1. The first-order chi connectivity index (χ1) is 15.6. The number of para-hydroxylation sites is 2.